The molecule has 1 aromatic carbocycles. The van der Waals surface area contributed by atoms with Crippen LogP contribution in [0.3, 0.4) is 0 Å². The van der Waals surface area contributed by atoms with E-state index in [1.165, 1.54) is 0 Å². The van der Waals surface area contributed by atoms with Crippen LogP contribution in [0.1, 0.15) is 19.9 Å². The Hall–Kier alpha value is -3.46. The van der Waals surface area contributed by atoms with Crippen LogP contribution in [-0.2, 0) is 13.1 Å². The number of imidazole rings is 2. The van der Waals surface area contributed by atoms with Crippen LogP contribution in [0.15, 0.2) is 43.2 Å². The molecule has 0 unspecified atom stereocenters. The van der Waals surface area contributed by atoms with E-state index in [0.29, 0.717) is 19.7 Å². The van der Waals surface area contributed by atoms with Crippen LogP contribution in [0.25, 0.3) is 34.2 Å². The summed E-state index contributed by atoms with van der Waals surface area (Å²) < 4.78 is 12.0. The molecular weight excluding hydrogens is 382 g/mol. The van der Waals surface area contributed by atoms with Crippen molar-refractivity contribution < 1.29 is 9.84 Å². The van der Waals surface area contributed by atoms with E-state index in [9.17, 15) is 5.11 Å². The highest BCUT2D eigenvalue weighted by Crippen LogP contribution is 2.36. The monoisotopic (exact) mass is 405 g/mol. The molecular formula is C21H23N7O2. The third-order valence-corrected chi connectivity index (χ3v) is 5.23. The molecule has 1 N–H and O–H groups in total. The summed E-state index contributed by atoms with van der Waals surface area (Å²) in [5.41, 5.74) is 3.66. The quantitative estimate of drug-likeness (QED) is 0.548. The normalized spacial score (nSPS) is 13.1. The van der Waals surface area contributed by atoms with E-state index in [2.05, 4.69) is 33.5 Å². The van der Waals surface area contributed by atoms with E-state index in [0.717, 1.165) is 39.9 Å². The summed E-state index contributed by atoms with van der Waals surface area (Å²) in [7, 11) is 0. The van der Waals surface area contributed by atoms with E-state index in [-0.39, 0.29) is 12.6 Å². The highest BCUT2D eigenvalue weighted by Gasteiger charge is 2.22. The molecule has 4 aromatic rings. The molecule has 1 aliphatic heterocycles. The van der Waals surface area contributed by atoms with Gasteiger partial charge in [-0.15, -0.1) is 0 Å². The van der Waals surface area contributed by atoms with E-state index >= 15 is 0 Å². The van der Waals surface area contributed by atoms with Crippen molar-refractivity contribution in [1.29, 1.82) is 0 Å². The standard InChI is InChI=1S/C21H23N7O2/c1-14(2)28-21(23-12-24-28)17-11-26-6-8-30-19-9-15(3-4-16(19)20(26)25-17)18-10-22-13-27(18)5-7-29/h3-4,9-14,29H,5-8H2,1-2H3. The minimum atomic E-state index is 0.0615. The lowest BCUT2D eigenvalue weighted by Gasteiger charge is -2.11. The van der Waals surface area contributed by atoms with Gasteiger partial charge in [0, 0.05) is 24.3 Å². The second-order valence-corrected chi connectivity index (χ2v) is 7.52. The van der Waals surface area contributed by atoms with Gasteiger partial charge in [0.1, 0.15) is 30.2 Å². The van der Waals surface area contributed by atoms with E-state index in [1.807, 2.05) is 33.6 Å². The SMILES string of the molecule is CC(C)n1ncnc1-c1cn2c(n1)-c1ccc(-c3cncn3CCO)cc1OCC2. The molecule has 0 radical (unpaired) electrons. The van der Waals surface area contributed by atoms with Gasteiger partial charge < -0.3 is 19.0 Å². The van der Waals surface area contributed by atoms with Crippen LogP contribution in [0.5, 0.6) is 5.75 Å². The molecule has 0 saturated heterocycles. The Labute approximate surface area is 173 Å². The zero-order valence-corrected chi connectivity index (χ0v) is 16.9. The van der Waals surface area contributed by atoms with Crippen LogP contribution in [0.4, 0.5) is 0 Å². The first-order valence-corrected chi connectivity index (χ1v) is 10.0. The number of ether oxygens (including phenoxy) is 1. The Balaban J connectivity index is 1.57. The van der Waals surface area contributed by atoms with Gasteiger partial charge in [0.05, 0.1) is 36.9 Å². The van der Waals surface area contributed by atoms with Gasteiger partial charge in [0.25, 0.3) is 0 Å². The van der Waals surface area contributed by atoms with Gasteiger partial charge >= 0.3 is 0 Å². The summed E-state index contributed by atoms with van der Waals surface area (Å²) in [6.07, 6.45) is 7.10. The molecule has 0 spiro atoms. The van der Waals surface area contributed by atoms with Crippen LogP contribution in [0, 0.1) is 0 Å². The van der Waals surface area contributed by atoms with Crippen molar-refractivity contribution in [3.8, 4) is 39.9 Å². The maximum atomic E-state index is 9.29. The second kappa shape index (κ2) is 7.42. The lowest BCUT2D eigenvalue weighted by molar-refractivity contribution is 0.276. The van der Waals surface area contributed by atoms with Gasteiger partial charge in [0.15, 0.2) is 5.82 Å². The maximum absolute atomic E-state index is 9.29. The average molecular weight is 405 g/mol. The van der Waals surface area contributed by atoms with Crippen molar-refractivity contribution in [3.63, 3.8) is 0 Å². The van der Waals surface area contributed by atoms with Crippen molar-refractivity contribution in [3.05, 3.63) is 43.2 Å². The minimum Gasteiger partial charge on any atom is -0.491 e. The zero-order valence-electron chi connectivity index (χ0n) is 16.9. The lowest BCUT2D eigenvalue weighted by Crippen LogP contribution is -2.06. The average Bonchev–Trinajstić information content (AvgIpc) is 3.46. The van der Waals surface area contributed by atoms with Gasteiger partial charge in [-0.1, -0.05) is 6.07 Å². The molecule has 0 saturated carbocycles. The third-order valence-electron chi connectivity index (χ3n) is 5.23. The summed E-state index contributed by atoms with van der Waals surface area (Å²) in [4.78, 5) is 13.5. The first-order chi connectivity index (χ1) is 14.7. The van der Waals surface area contributed by atoms with E-state index in [4.69, 9.17) is 9.72 Å². The van der Waals surface area contributed by atoms with Crippen molar-refractivity contribution in [2.24, 2.45) is 0 Å². The topological polar surface area (TPSA) is 95.8 Å². The largest absolute Gasteiger partial charge is 0.491 e. The third kappa shape index (κ3) is 3.07. The van der Waals surface area contributed by atoms with Crippen molar-refractivity contribution in [2.45, 2.75) is 33.0 Å². The molecule has 9 nitrogen and oxygen atoms in total. The number of benzene rings is 1. The number of rotatable bonds is 5. The Kier molecular flexibility index (Phi) is 4.59. The molecule has 30 heavy (non-hydrogen) atoms. The first kappa shape index (κ1) is 18.6. The number of aliphatic hydroxyl groups is 1. The number of aromatic nitrogens is 7. The van der Waals surface area contributed by atoms with Crippen LogP contribution >= 0.6 is 0 Å². The molecule has 4 heterocycles. The molecule has 0 bridgehead atoms. The molecule has 0 atom stereocenters. The number of nitrogens with zero attached hydrogens (tertiary/aromatic N) is 7. The summed E-state index contributed by atoms with van der Waals surface area (Å²) >= 11 is 0. The molecule has 0 amide bonds. The first-order valence-electron chi connectivity index (χ1n) is 10.0. The van der Waals surface area contributed by atoms with Crippen molar-refractivity contribution in [2.75, 3.05) is 13.2 Å². The smallest absolute Gasteiger partial charge is 0.178 e. The molecule has 0 aliphatic carbocycles. The Morgan fingerprint density at radius 1 is 1.23 bits per heavy atom. The molecule has 3 aromatic heterocycles. The molecule has 154 valence electrons. The van der Waals surface area contributed by atoms with Gasteiger partial charge in [-0.2, -0.15) is 5.10 Å². The number of hydrogen-bond donors (Lipinski definition) is 1. The number of aliphatic hydroxyl groups excluding tert-OH is 1. The fourth-order valence-electron chi connectivity index (χ4n) is 3.81. The Morgan fingerprint density at radius 2 is 2.13 bits per heavy atom. The highest BCUT2D eigenvalue weighted by atomic mass is 16.5. The van der Waals surface area contributed by atoms with Crippen LogP contribution in [0.2, 0.25) is 0 Å². The van der Waals surface area contributed by atoms with Gasteiger partial charge in [0.2, 0.25) is 0 Å². The van der Waals surface area contributed by atoms with Crippen LogP contribution < -0.4 is 4.74 Å². The predicted molar refractivity (Wildman–Crippen MR) is 111 cm³/mol. The van der Waals surface area contributed by atoms with Gasteiger partial charge in [-0.3, -0.25) is 0 Å². The fourth-order valence-corrected chi connectivity index (χ4v) is 3.81. The lowest BCUT2D eigenvalue weighted by atomic mass is 10.1. The van der Waals surface area contributed by atoms with E-state index < -0.39 is 0 Å². The number of fused-ring (bicyclic) bond motifs is 3. The predicted octanol–water partition coefficient (Wildman–Crippen LogP) is 2.64. The highest BCUT2D eigenvalue weighted by molar-refractivity contribution is 5.73. The maximum Gasteiger partial charge on any atom is 0.178 e. The molecule has 1 aliphatic rings. The summed E-state index contributed by atoms with van der Waals surface area (Å²) in [6.45, 7) is 5.96. The van der Waals surface area contributed by atoms with Gasteiger partial charge in [-0.05, 0) is 26.0 Å². The van der Waals surface area contributed by atoms with Crippen molar-refractivity contribution >= 4 is 0 Å². The zero-order chi connectivity index (χ0) is 20.7. The Bertz CT molecular complexity index is 1190. The molecule has 0 fully saturated rings. The summed E-state index contributed by atoms with van der Waals surface area (Å²) in [6, 6.07) is 6.28. The van der Waals surface area contributed by atoms with E-state index in [1.54, 1.807) is 18.9 Å². The number of hydrogen-bond acceptors (Lipinski definition) is 6. The summed E-state index contributed by atoms with van der Waals surface area (Å²) in [5, 5.41) is 13.6. The molecule has 9 heteroatoms. The molecule has 5 rings (SSSR count). The van der Waals surface area contributed by atoms with Crippen LogP contribution in [-0.4, -0.2) is 52.2 Å². The second-order valence-electron chi connectivity index (χ2n) is 7.52. The van der Waals surface area contributed by atoms with Crippen molar-refractivity contribution in [1.82, 2.24) is 33.9 Å². The minimum absolute atomic E-state index is 0.0615. The van der Waals surface area contributed by atoms with Gasteiger partial charge in [-0.25, -0.2) is 19.6 Å². The summed E-state index contributed by atoms with van der Waals surface area (Å²) in [5.74, 6) is 2.40. The Morgan fingerprint density at radius 3 is 2.97 bits per heavy atom. The fraction of sp³-hybridized carbons (Fsp3) is 0.333.